The summed E-state index contributed by atoms with van der Waals surface area (Å²) < 4.78 is 5.23. The van der Waals surface area contributed by atoms with Crippen molar-refractivity contribution < 1.29 is 9.53 Å². The molecule has 0 aliphatic heterocycles. The summed E-state index contributed by atoms with van der Waals surface area (Å²) in [7, 11) is 1.59. The van der Waals surface area contributed by atoms with Crippen molar-refractivity contribution in [3.63, 3.8) is 0 Å². The van der Waals surface area contributed by atoms with E-state index in [0.29, 0.717) is 5.75 Å². The second-order valence-corrected chi connectivity index (χ2v) is 5.61. The molecule has 0 aliphatic carbocycles. The SMILES string of the molecule is CCN(CC)c1ccc(C=NNC(=O)CNc2ccccc2OC)cc1.Cl. The molecule has 0 atom stereocenters. The number of hydrazone groups is 1. The Morgan fingerprint density at radius 1 is 1.11 bits per heavy atom. The first kappa shape index (κ1) is 22.3. The molecule has 27 heavy (non-hydrogen) atoms. The fraction of sp³-hybridized carbons (Fsp3) is 0.300. The minimum Gasteiger partial charge on any atom is -0.495 e. The van der Waals surface area contributed by atoms with E-state index in [1.165, 1.54) is 5.69 Å². The molecule has 0 fully saturated rings. The lowest BCUT2D eigenvalue weighted by molar-refractivity contribution is -0.119. The Balaban J connectivity index is 0.00000364. The van der Waals surface area contributed by atoms with Crippen molar-refractivity contribution in [2.45, 2.75) is 13.8 Å². The molecule has 0 bridgehead atoms. The fourth-order valence-corrected chi connectivity index (χ4v) is 2.54. The number of nitrogens with one attached hydrogen (secondary N) is 2. The van der Waals surface area contributed by atoms with Crippen molar-refractivity contribution in [3.8, 4) is 5.75 Å². The number of para-hydroxylation sites is 2. The van der Waals surface area contributed by atoms with Gasteiger partial charge in [-0.3, -0.25) is 4.79 Å². The molecule has 2 rings (SSSR count). The van der Waals surface area contributed by atoms with Crippen LogP contribution in [0, 0.1) is 0 Å². The molecule has 2 aromatic rings. The van der Waals surface area contributed by atoms with Crippen LogP contribution in [-0.2, 0) is 4.79 Å². The average molecular weight is 391 g/mol. The number of amides is 1. The summed E-state index contributed by atoms with van der Waals surface area (Å²) in [4.78, 5) is 14.2. The second kappa shape index (κ2) is 11.8. The average Bonchev–Trinajstić information content (AvgIpc) is 2.68. The predicted molar refractivity (Wildman–Crippen MR) is 114 cm³/mol. The first-order valence-corrected chi connectivity index (χ1v) is 8.71. The Labute approximate surface area is 167 Å². The lowest BCUT2D eigenvalue weighted by Crippen LogP contribution is -2.26. The molecular weight excluding hydrogens is 364 g/mol. The highest BCUT2D eigenvalue weighted by molar-refractivity contribution is 5.85. The van der Waals surface area contributed by atoms with Crippen molar-refractivity contribution in [3.05, 3.63) is 54.1 Å². The summed E-state index contributed by atoms with van der Waals surface area (Å²) in [6, 6.07) is 15.5. The molecule has 0 spiro atoms. The summed E-state index contributed by atoms with van der Waals surface area (Å²) in [5, 5.41) is 7.03. The minimum absolute atomic E-state index is 0. The van der Waals surface area contributed by atoms with E-state index < -0.39 is 0 Å². The van der Waals surface area contributed by atoms with Crippen LogP contribution in [0.4, 0.5) is 11.4 Å². The molecule has 0 saturated heterocycles. The predicted octanol–water partition coefficient (Wildman–Crippen LogP) is 3.53. The van der Waals surface area contributed by atoms with Gasteiger partial charge in [0.05, 0.1) is 25.6 Å². The van der Waals surface area contributed by atoms with Gasteiger partial charge in [0.2, 0.25) is 0 Å². The topological polar surface area (TPSA) is 66.0 Å². The van der Waals surface area contributed by atoms with E-state index in [4.69, 9.17) is 4.74 Å². The highest BCUT2D eigenvalue weighted by Gasteiger charge is 2.04. The van der Waals surface area contributed by atoms with Gasteiger partial charge in [-0.2, -0.15) is 5.10 Å². The van der Waals surface area contributed by atoms with E-state index >= 15 is 0 Å². The van der Waals surface area contributed by atoms with E-state index in [1.54, 1.807) is 13.3 Å². The monoisotopic (exact) mass is 390 g/mol. The van der Waals surface area contributed by atoms with Gasteiger partial charge in [0, 0.05) is 18.8 Å². The first-order valence-electron chi connectivity index (χ1n) is 8.71. The molecule has 0 aromatic heterocycles. The van der Waals surface area contributed by atoms with Gasteiger partial charge < -0.3 is 15.0 Å². The number of methoxy groups -OCH3 is 1. The van der Waals surface area contributed by atoms with Crippen LogP contribution in [0.3, 0.4) is 0 Å². The maximum Gasteiger partial charge on any atom is 0.259 e. The van der Waals surface area contributed by atoms with Gasteiger partial charge >= 0.3 is 0 Å². The number of hydrogen-bond donors (Lipinski definition) is 2. The first-order chi connectivity index (χ1) is 12.7. The van der Waals surface area contributed by atoms with E-state index in [0.717, 1.165) is 24.3 Å². The largest absolute Gasteiger partial charge is 0.495 e. The van der Waals surface area contributed by atoms with Gasteiger partial charge in [-0.1, -0.05) is 24.3 Å². The van der Waals surface area contributed by atoms with Gasteiger partial charge in [-0.05, 0) is 43.7 Å². The number of carbonyl (C=O) groups is 1. The van der Waals surface area contributed by atoms with E-state index in [1.807, 2.05) is 36.4 Å². The van der Waals surface area contributed by atoms with Crippen LogP contribution >= 0.6 is 12.4 Å². The number of carbonyl (C=O) groups excluding carboxylic acids is 1. The summed E-state index contributed by atoms with van der Waals surface area (Å²) in [5.74, 6) is 0.462. The smallest absolute Gasteiger partial charge is 0.259 e. The van der Waals surface area contributed by atoms with Gasteiger partial charge in [0.25, 0.3) is 5.91 Å². The van der Waals surface area contributed by atoms with Crippen LogP contribution in [0.25, 0.3) is 0 Å². The van der Waals surface area contributed by atoms with Crippen LogP contribution in [0.1, 0.15) is 19.4 Å². The molecule has 146 valence electrons. The molecule has 0 unspecified atom stereocenters. The maximum atomic E-state index is 11.9. The molecule has 0 heterocycles. The number of halogens is 1. The number of benzene rings is 2. The standard InChI is InChI=1S/C20H26N4O2.ClH/c1-4-24(5-2)17-12-10-16(11-13-17)14-22-23-20(25)15-21-18-8-6-7-9-19(18)26-3;/h6-14,21H,4-5,15H2,1-3H3,(H,23,25);1H. The zero-order valence-corrected chi connectivity index (χ0v) is 16.8. The van der Waals surface area contributed by atoms with Crippen LogP contribution in [0.5, 0.6) is 5.75 Å². The molecule has 7 heteroatoms. The lowest BCUT2D eigenvalue weighted by Gasteiger charge is -2.20. The lowest BCUT2D eigenvalue weighted by atomic mass is 10.2. The summed E-state index contributed by atoms with van der Waals surface area (Å²) in [6.45, 7) is 6.32. The number of nitrogens with zero attached hydrogens (tertiary/aromatic N) is 2. The number of hydrogen-bond acceptors (Lipinski definition) is 5. The molecule has 2 N–H and O–H groups in total. The summed E-state index contributed by atoms with van der Waals surface area (Å²) in [5.41, 5.74) is 5.39. The quantitative estimate of drug-likeness (QED) is 0.507. The normalized spacial score (nSPS) is 10.2. The van der Waals surface area contributed by atoms with Crippen molar-refractivity contribution in [2.75, 3.05) is 37.0 Å². The molecule has 2 aromatic carbocycles. The van der Waals surface area contributed by atoms with Crippen molar-refractivity contribution in [1.82, 2.24) is 5.43 Å². The third-order valence-electron chi connectivity index (χ3n) is 3.97. The van der Waals surface area contributed by atoms with Gasteiger partial charge in [0.1, 0.15) is 5.75 Å². The van der Waals surface area contributed by atoms with Crippen LogP contribution < -0.4 is 20.4 Å². The minimum atomic E-state index is -0.230. The van der Waals surface area contributed by atoms with Crippen molar-refractivity contribution in [1.29, 1.82) is 0 Å². The number of rotatable bonds is 9. The number of ether oxygens (including phenoxy) is 1. The fourth-order valence-electron chi connectivity index (χ4n) is 2.54. The molecule has 0 radical (unpaired) electrons. The zero-order chi connectivity index (χ0) is 18.8. The van der Waals surface area contributed by atoms with E-state index in [2.05, 4.69) is 46.7 Å². The van der Waals surface area contributed by atoms with Gasteiger partial charge in [0.15, 0.2) is 0 Å². The summed E-state index contributed by atoms with van der Waals surface area (Å²) in [6.07, 6.45) is 1.63. The molecular formula is C20H27ClN4O2. The summed E-state index contributed by atoms with van der Waals surface area (Å²) >= 11 is 0. The Hall–Kier alpha value is -2.73. The zero-order valence-electron chi connectivity index (χ0n) is 15.9. The Kier molecular flexibility index (Phi) is 9.75. The molecule has 1 amide bonds. The van der Waals surface area contributed by atoms with Crippen LogP contribution in [-0.4, -0.2) is 38.9 Å². The maximum absolute atomic E-state index is 11.9. The molecule has 0 saturated carbocycles. The third kappa shape index (κ3) is 6.83. The van der Waals surface area contributed by atoms with Crippen molar-refractivity contribution in [2.24, 2.45) is 5.10 Å². The highest BCUT2D eigenvalue weighted by Crippen LogP contribution is 2.22. The Morgan fingerprint density at radius 3 is 2.41 bits per heavy atom. The number of anilines is 2. The van der Waals surface area contributed by atoms with E-state index in [9.17, 15) is 4.79 Å². The van der Waals surface area contributed by atoms with Crippen LogP contribution in [0.15, 0.2) is 53.6 Å². The third-order valence-corrected chi connectivity index (χ3v) is 3.97. The van der Waals surface area contributed by atoms with Gasteiger partial charge in [-0.15, -0.1) is 12.4 Å². The molecule has 0 aliphatic rings. The van der Waals surface area contributed by atoms with E-state index in [-0.39, 0.29) is 24.9 Å². The highest BCUT2D eigenvalue weighted by atomic mass is 35.5. The van der Waals surface area contributed by atoms with Crippen LogP contribution in [0.2, 0.25) is 0 Å². The molecule has 6 nitrogen and oxygen atoms in total. The van der Waals surface area contributed by atoms with Crippen molar-refractivity contribution >= 4 is 35.9 Å². The second-order valence-electron chi connectivity index (χ2n) is 5.61. The Bertz CT molecular complexity index is 731. The Morgan fingerprint density at radius 2 is 1.78 bits per heavy atom. The van der Waals surface area contributed by atoms with Gasteiger partial charge in [-0.25, -0.2) is 5.43 Å².